The Kier molecular flexibility index (Phi) is 7.61. The molecular weight excluding hydrogens is 224 g/mol. The summed E-state index contributed by atoms with van der Waals surface area (Å²) in [7, 11) is 0. The summed E-state index contributed by atoms with van der Waals surface area (Å²) in [6.07, 6.45) is 8.43. The molecule has 1 rings (SSSR count). The average molecular weight is 246 g/mol. The highest BCUT2D eigenvalue weighted by Gasteiger charge is 1.98. The molecule has 0 N–H and O–H groups in total. The zero-order chi connectivity index (χ0) is 13.1. The van der Waals surface area contributed by atoms with E-state index < -0.39 is 0 Å². The molecule has 0 unspecified atom stereocenters. The molecule has 0 fully saturated rings. The molecule has 0 saturated heterocycles. The van der Waals surface area contributed by atoms with Crippen LogP contribution in [0.15, 0.2) is 42.5 Å². The number of hydrogen-bond acceptors (Lipinski definition) is 2. The summed E-state index contributed by atoms with van der Waals surface area (Å²) in [6.45, 7) is 2.54. The number of aryl methyl sites for hydroxylation is 1. The summed E-state index contributed by atoms with van der Waals surface area (Å²) in [5, 5.41) is 0. The Morgan fingerprint density at radius 3 is 2.61 bits per heavy atom. The van der Waals surface area contributed by atoms with Gasteiger partial charge in [-0.05, 0) is 31.2 Å². The molecule has 0 atom stereocenters. The molecule has 18 heavy (non-hydrogen) atoms. The van der Waals surface area contributed by atoms with Gasteiger partial charge in [-0.3, -0.25) is 4.79 Å². The predicted octanol–water partition coefficient (Wildman–Crippen LogP) is 3.91. The van der Waals surface area contributed by atoms with Crippen molar-refractivity contribution in [3.8, 4) is 0 Å². The van der Waals surface area contributed by atoms with Crippen LogP contribution in [0.1, 0.15) is 38.2 Å². The van der Waals surface area contributed by atoms with E-state index >= 15 is 0 Å². The second-order valence-corrected chi connectivity index (χ2v) is 4.25. The molecule has 2 nitrogen and oxygen atoms in total. The number of carbonyl (C=O) groups is 1. The number of benzene rings is 1. The largest absolute Gasteiger partial charge is 0.466 e. The zero-order valence-electron chi connectivity index (χ0n) is 11.1. The van der Waals surface area contributed by atoms with Crippen molar-refractivity contribution in [3.63, 3.8) is 0 Å². The van der Waals surface area contributed by atoms with Crippen LogP contribution in [0, 0.1) is 0 Å². The van der Waals surface area contributed by atoms with Gasteiger partial charge in [-0.15, -0.1) is 0 Å². The van der Waals surface area contributed by atoms with Crippen LogP contribution in [-0.4, -0.2) is 12.6 Å². The highest BCUT2D eigenvalue weighted by molar-refractivity contribution is 5.69. The lowest BCUT2D eigenvalue weighted by atomic mass is 10.1. The molecule has 0 aliphatic heterocycles. The molecular formula is C16H22O2. The van der Waals surface area contributed by atoms with Gasteiger partial charge in [0.05, 0.1) is 6.61 Å². The maximum atomic E-state index is 11.2. The monoisotopic (exact) mass is 246 g/mol. The number of allylic oxidation sites excluding steroid dienone is 2. The molecule has 0 radical (unpaired) electrons. The van der Waals surface area contributed by atoms with Crippen molar-refractivity contribution in [2.24, 2.45) is 0 Å². The summed E-state index contributed by atoms with van der Waals surface area (Å²) < 4.78 is 4.99. The first-order valence-corrected chi connectivity index (χ1v) is 6.67. The molecule has 0 heterocycles. The van der Waals surface area contributed by atoms with Crippen molar-refractivity contribution in [1.82, 2.24) is 0 Å². The summed E-state index contributed by atoms with van der Waals surface area (Å²) in [4.78, 5) is 11.2. The molecule has 0 amide bonds. The Morgan fingerprint density at radius 1 is 1.17 bits per heavy atom. The number of rotatable bonds is 8. The van der Waals surface area contributed by atoms with Crippen LogP contribution in [0.4, 0.5) is 0 Å². The molecule has 0 aliphatic rings. The molecule has 98 valence electrons. The number of esters is 1. The van der Waals surface area contributed by atoms with Gasteiger partial charge in [-0.25, -0.2) is 0 Å². The van der Waals surface area contributed by atoms with Gasteiger partial charge in [0.2, 0.25) is 0 Å². The highest BCUT2D eigenvalue weighted by atomic mass is 16.5. The summed E-state index contributed by atoms with van der Waals surface area (Å²) >= 11 is 0. The molecule has 0 aliphatic carbocycles. The van der Waals surface area contributed by atoms with E-state index in [4.69, 9.17) is 4.74 Å². The minimum atomic E-state index is -0.0930. The van der Waals surface area contributed by atoms with Gasteiger partial charge >= 0.3 is 5.97 Å². The predicted molar refractivity (Wildman–Crippen MR) is 74.4 cm³/mol. The lowest BCUT2D eigenvalue weighted by molar-refractivity contribution is -0.143. The van der Waals surface area contributed by atoms with Crippen molar-refractivity contribution in [2.45, 2.75) is 39.0 Å². The molecule has 1 aromatic carbocycles. The van der Waals surface area contributed by atoms with E-state index in [2.05, 4.69) is 36.4 Å². The second kappa shape index (κ2) is 9.46. The van der Waals surface area contributed by atoms with Gasteiger partial charge in [0.25, 0.3) is 0 Å². The van der Waals surface area contributed by atoms with Crippen LogP contribution in [-0.2, 0) is 16.0 Å². The lowest BCUT2D eigenvalue weighted by Crippen LogP contribution is -2.04. The molecule has 1 aromatic rings. The minimum Gasteiger partial charge on any atom is -0.466 e. The van der Waals surface area contributed by atoms with Crippen molar-refractivity contribution >= 4 is 5.97 Å². The third-order valence-electron chi connectivity index (χ3n) is 2.59. The number of ether oxygens (including phenoxy) is 1. The standard InChI is InChI=1S/C16H22O2/c1-2-14-18-16(17)13-9-4-3-6-10-15-11-7-5-8-12-15/h3-5,7-8,11-12H,2,6,9-10,13-14H2,1H3. The fourth-order valence-electron chi connectivity index (χ4n) is 1.62. The van der Waals surface area contributed by atoms with Crippen LogP contribution in [0.25, 0.3) is 0 Å². The summed E-state index contributed by atoms with van der Waals surface area (Å²) in [6, 6.07) is 10.4. The highest BCUT2D eigenvalue weighted by Crippen LogP contribution is 2.03. The Hall–Kier alpha value is -1.57. The second-order valence-electron chi connectivity index (χ2n) is 4.25. The van der Waals surface area contributed by atoms with E-state index in [9.17, 15) is 4.79 Å². The zero-order valence-corrected chi connectivity index (χ0v) is 11.1. The van der Waals surface area contributed by atoms with Crippen LogP contribution in [0.2, 0.25) is 0 Å². The maximum absolute atomic E-state index is 11.2. The summed E-state index contributed by atoms with van der Waals surface area (Å²) in [5.41, 5.74) is 1.35. The van der Waals surface area contributed by atoms with E-state index in [0.29, 0.717) is 13.0 Å². The van der Waals surface area contributed by atoms with Gasteiger partial charge in [0.1, 0.15) is 0 Å². The van der Waals surface area contributed by atoms with Gasteiger partial charge in [-0.1, -0.05) is 49.4 Å². The van der Waals surface area contributed by atoms with Gasteiger partial charge in [0, 0.05) is 6.42 Å². The van der Waals surface area contributed by atoms with Crippen LogP contribution < -0.4 is 0 Å². The van der Waals surface area contributed by atoms with Crippen LogP contribution >= 0.6 is 0 Å². The molecule has 0 aromatic heterocycles. The third kappa shape index (κ3) is 6.89. The van der Waals surface area contributed by atoms with Gasteiger partial charge < -0.3 is 4.74 Å². The maximum Gasteiger partial charge on any atom is 0.306 e. The van der Waals surface area contributed by atoms with Crippen molar-refractivity contribution in [1.29, 1.82) is 0 Å². The van der Waals surface area contributed by atoms with Gasteiger partial charge in [0.15, 0.2) is 0 Å². The van der Waals surface area contributed by atoms with E-state index in [1.807, 2.05) is 13.0 Å². The van der Waals surface area contributed by atoms with E-state index in [1.165, 1.54) is 5.56 Å². The van der Waals surface area contributed by atoms with Crippen molar-refractivity contribution in [2.75, 3.05) is 6.61 Å². The normalized spacial score (nSPS) is 10.7. The number of hydrogen-bond donors (Lipinski definition) is 0. The van der Waals surface area contributed by atoms with E-state index in [0.717, 1.165) is 25.7 Å². The quantitative estimate of drug-likeness (QED) is 0.513. The average Bonchev–Trinajstić information content (AvgIpc) is 2.41. The van der Waals surface area contributed by atoms with Crippen LogP contribution in [0.5, 0.6) is 0 Å². The van der Waals surface area contributed by atoms with Crippen LogP contribution in [0.3, 0.4) is 0 Å². The summed E-state index contributed by atoms with van der Waals surface area (Å²) in [5.74, 6) is -0.0930. The molecule has 2 heteroatoms. The number of carbonyl (C=O) groups excluding carboxylic acids is 1. The van der Waals surface area contributed by atoms with E-state index in [1.54, 1.807) is 0 Å². The van der Waals surface area contributed by atoms with Gasteiger partial charge in [-0.2, -0.15) is 0 Å². The smallest absolute Gasteiger partial charge is 0.306 e. The fraction of sp³-hybridized carbons (Fsp3) is 0.438. The molecule has 0 spiro atoms. The third-order valence-corrected chi connectivity index (χ3v) is 2.59. The lowest BCUT2D eigenvalue weighted by Gasteiger charge is -2.00. The van der Waals surface area contributed by atoms with Crippen molar-refractivity contribution < 1.29 is 9.53 Å². The first-order chi connectivity index (χ1) is 8.83. The Bertz CT molecular complexity index is 355. The minimum absolute atomic E-state index is 0.0930. The molecule has 0 saturated carbocycles. The first-order valence-electron chi connectivity index (χ1n) is 6.67. The first kappa shape index (κ1) is 14.5. The Morgan fingerprint density at radius 2 is 1.89 bits per heavy atom. The Labute approximate surface area is 110 Å². The fourth-order valence-corrected chi connectivity index (χ4v) is 1.62. The Balaban J connectivity index is 2.06. The van der Waals surface area contributed by atoms with E-state index in [-0.39, 0.29) is 5.97 Å². The molecule has 0 bridgehead atoms. The SMILES string of the molecule is CCCOC(=O)CCC=CCCc1ccccc1. The topological polar surface area (TPSA) is 26.3 Å². The van der Waals surface area contributed by atoms with Crippen molar-refractivity contribution in [3.05, 3.63) is 48.0 Å².